The van der Waals surface area contributed by atoms with E-state index in [-0.39, 0.29) is 0 Å². The molecule has 24 heavy (non-hydrogen) atoms. The Morgan fingerprint density at radius 2 is 1.46 bits per heavy atom. The molecule has 0 bridgehead atoms. The van der Waals surface area contributed by atoms with Gasteiger partial charge in [0, 0.05) is 18.6 Å². The summed E-state index contributed by atoms with van der Waals surface area (Å²) < 4.78 is 1.80. The maximum atomic E-state index is 4.21. The summed E-state index contributed by atoms with van der Waals surface area (Å²) >= 11 is 0. The number of hydrogen-bond donors (Lipinski definition) is 0. The van der Waals surface area contributed by atoms with Gasteiger partial charge >= 0.3 is 0 Å². The van der Waals surface area contributed by atoms with Crippen LogP contribution in [0.5, 0.6) is 0 Å². The largest absolute Gasteiger partial charge is 0.253 e. The molecule has 0 N–H and O–H groups in total. The zero-order valence-electron chi connectivity index (χ0n) is 14.9. The van der Waals surface area contributed by atoms with Crippen molar-refractivity contribution in [3.63, 3.8) is 0 Å². The Kier molecular flexibility index (Phi) is 5.95. The quantitative estimate of drug-likeness (QED) is 0.484. The summed E-state index contributed by atoms with van der Waals surface area (Å²) in [5, 5.41) is 4.18. The Morgan fingerprint density at radius 1 is 0.792 bits per heavy atom. The van der Waals surface area contributed by atoms with E-state index in [1.54, 1.807) is 16.9 Å². The van der Waals surface area contributed by atoms with Crippen LogP contribution in [0.2, 0.25) is 0 Å². The van der Waals surface area contributed by atoms with Crippen molar-refractivity contribution in [2.75, 3.05) is 0 Å². The second-order valence-electron chi connectivity index (χ2n) is 5.22. The van der Waals surface area contributed by atoms with Gasteiger partial charge in [-0.25, -0.2) is 9.50 Å². The molecule has 4 aromatic rings. The molecule has 0 atom stereocenters. The summed E-state index contributed by atoms with van der Waals surface area (Å²) in [6.45, 7) is 9.98. The van der Waals surface area contributed by atoms with Crippen LogP contribution in [-0.4, -0.2) is 24.6 Å². The van der Waals surface area contributed by atoms with E-state index in [4.69, 9.17) is 0 Å². The van der Waals surface area contributed by atoms with Crippen molar-refractivity contribution in [1.29, 1.82) is 0 Å². The molecule has 0 saturated heterocycles. The van der Waals surface area contributed by atoms with Crippen LogP contribution >= 0.6 is 0 Å². The predicted octanol–water partition coefficient (Wildman–Crippen LogP) is 4.31. The predicted molar refractivity (Wildman–Crippen MR) is 98.1 cm³/mol. The molecule has 5 nitrogen and oxygen atoms in total. The zero-order chi connectivity index (χ0) is 17.5. The molecule has 0 aliphatic heterocycles. The summed E-state index contributed by atoms with van der Waals surface area (Å²) in [4.78, 5) is 12.5. The van der Waals surface area contributed by atoms with Gasteiger partial charge in [-0.2, -0.15) is 5.10 Å². The molecule has 0 aliphatic rings. The minimum atomic E-state index is 0.815. The minimum absolute atomic E-state index is 0.815. The van der Waals surface area contributed by atoms with Crippen molar-refractivity contribution >= 4 is 16.7 Å². The van der Waals surface area contributed by atoms with Crippen LogP contribution in [0.25, 0.3) is 16.7 Å². The van der Waals surface area contributed by atoms with Gasteiger partial charge in [-0.1, -0.05) is 26.0 Å². The lowest BCUT2D eigenvalue weighted by molar-refractivity contribution is 0.923. The summed E-state index contributed by atoms with van der Waals surface area (Å²) in [5.41, 5.74) is 5.25. The highest BCUT2D eigenvalue weighted by molar-refractivity contribution is 5.74. The van der Waals surface area contributed by atoms with E-state index >= 15 is 0 Å². The van der Waals surface area contributed by atoms with Crippen LogP contribution in [0.3, 0.4) is 0 Å². The van der Waals surface area contributed by atoms with Crippen LogP contribution in [0.1, 0.15) is 30.8 Å². The molecule has 0 unspecified atom stereocenters. The lowest BCUT2D eigenvalue weighted by Gasteiger charge is -1.95. The second-order valence-corrected chi connectivity index (χ2v) is 5.22. The second kappa shape index (κ2) is 8.15. The van der Waals surface area contributed by atoms with Crippen molar-refractivity contribution in [3.8, 4) is 0 Å². The van der Waals surface area contributed by atoms with Crippen molar-refractivity contribution in [1.82, 2.24) is 24.6 Å². The van der Waals surface area contributed by atoms with Gasteiger partial charge in [0.05, 0.1) is 11.0 Å². The first-order valence-electron chi connectivity index (χ1n) is 8.09. The van der Waals surface area contributed by atoms with E-state index in [2.05, 4.69) is 20.1 Å². The molecule has 0 spiro atoms. The van der Waals surface area contributed by atoms with Crippen molar-refractivity contribution in [2.45, 2.75) is 34.6 Å². The normalized spacial score (nSPS) is 9.88. The van der Waals surface area contributed by atoms with Gasteiger partial charge in [0.15, 0.2) is 5.65 Å². The number of fused-ring (bicyclic) bond motifs is 2. The average Bonchev–Trinajstić information content (AvgIpc) is 2.96. The fourth-order valence-electron chi connectivity index (χ4n) is 2.17. The van der Waals surface area contributed by atoms with E-state index in [0.29, 0.717) is 0 Å². The van der Waals surface area contributed by atoms with Gasteiger partial charge in [-0.3, -0.25) is 9.97 Å². The fraction of sp³-hybridized carbons (Fsp3) is 0.263. The first-order valence-corrected chi connectivity index (χ1v) is 8.09. The Bertz CT molecular complexity index is 927. The first kappa shape index (κ1) is 17.5. The molecule has 3 heterocycles. The van der Waals surface area contributed by atoms with Gasteiger partial charge in [-0.05, 0) is 50.1 Å². The lowest BCUT2D eigenvalue weighted by Crippen LogP contribution is -1.87. The summed E-state index contributed by atoms with van der Waals surface area (Å²) in [5.74, 6) is 0.815. The van der Waals surface area contributed by atoms with E-state index < -0.39 is 0 Å². The van der Waals surface area contributed by atoms with Crippen LogP contribution in [-0.2, 0) is 0 Å². The highest BCUT2D eigenvalue weighted by Crippen LogP contribution is 2.09. The maximum Gasteiger partial charge on any atom is 0.155 e. The highest BCUT2D eigenvalue weighted by atomic mass is 15.3. The third kappa shape index (κ3) is 4.35. The number of pyridine rings is 1. The number of nitrogens with zero attached hydrogens (tertiary/aromatic N) is 5. The van der Waals surface area contributed by atoms with Crippen LogP contribution < -0.4 is 0 Å². The van der Waals surface area contributed by atoms with E-state index in [0.717, 1.165) is 22.5 Å². The van der Waals surface area contributed by atoms with Gasteiger partial charge < -0.3 is 0 Å². The molecule has 5 heteroatoms. The van der Waals surface area contributed by atoms with E-state index in [1.807, 2.05) is 71.1 Å². The molecular formula is C19H23N5. The summed E-state index contributed by atoms with van der Waals surface area (Å²) in [6, 6.07) is 10.1. The zero-order valence-corrected chi connectivity index (χ0v) is 14.9. The minimum Gasteiger partial charge on any atom is -0.253 e. The molecule has 0 amide bonds. The van der Waals surface area contributed by atoms with Gasteiger partial charge in [-0.15, -0.1) is 0 Å². The van der Waals surface area contributed by atoms with E-state index in [1.165, 1.54) is 11.1 Å². The Hall–Kier alpha value is -2.82. The molecule has 3 aromatic heterocycles. The molecule has 0 aliphatic carbocycles. The van der Waals surface area contributed by atoms with Gasteiger partial charge in [0.1, 0.15) is 5.82 Å². The van der Waals surface area contributed by atoms with Crippen molar-refractivity contribution in [2.24, 2.45) is 0 Å². The number of hydrogen-bond acceptors (Lipinski definition) is 4. The molecule has 0 saturated carbocycles. The molecule has 124 valence electrons. The van der Waals surface area contributed by atoms with Crippen LogP contribution in [0.15, 0.2) is 48.9 Å². The Labute approximate surface area is 142 Å². The monoisotopic (exact) mass is 321 g/mol. The molecule has 1 aromatic carbocycles. The lowest BCUT2D eigenvalue weighted by atomic mass is 10.2. The summed E-state index contributed by atoms with van der Waals surface area (Å²) in [6.07, 6.45) is 5.38. The molecular weight excluding hydrogens is 298 g/mol. The highest BCUT2D eigenvalue weighted by Gasteiger charge is 1.96. The van der Waals surface area contributed by atoms with Crippen molar-refractivity contribution in [3.05, 3.63) is 65.9 Å². The SMILES string of the molecule is CC.Cc1ccc2nc(C)nn2c1.Cc1ccc2nccnc2c1. The number of aryl methyl sites for hydroxylation is 3. The maximum absolute atomic E-state index is 4.21. The average molecular weight is 321 g/mol. The molecule has 0 radical (unpaired) electrons. The topological polar surface area (TPSA) is 56.0 Å². The van der Waals surface area contributed by atoms with Crippen LogP contribution in [0.4, 0.5) is 0 Å². The van der Waals surface area contributed by atoms with Gasteiger partial charge in [0.2, 0.25) is 0 Å². The molecule has 0 fully saturated rings. The molecule has 4 rings (SSSR count). The third-order valence-electron chi connectivity index (χ3n) is 3.21. The van der Waals surface area contributed by atoms with E-state index in [9.17, 15) is 0 Å². The van der Waals surface area contributed by atoms with Gasteiger partial charge in [0.25, 0.3) is 0 Å². The first-order chi connectivity index (χ1) is 11.6. The Morgan fingerprint density at radius 3 is 2.21 bits per heavy atom. The number of benzene rings is 1. The third-order valence-corrected chi connectivity index (χ3v) is 3.21. The van der Waals surface area contributed by atoms with Crippen LogP contribution in [0, 0.1) is 20.8 Å². The Balaban J connectivity index is 0.000000158. The summed E-state index contributed by atoms with van der Waals surface area (Å²) in [7, 11) is 0. The van der Waals surface area contributed by atoms with Crippen molar-refractivity contribution < 1.29 is 0 Å². The smallest absolute Gasteiger partial charge is 0.155 e. The standard InChI is InChI=1S/C9H8N2.C8H9N3.C2H6/c1-7-2-3-8-9(6-7)11-5-4-10-8;1-6-3-4-8-9-7(2)10-11(8)5-6;1-2/h2-6H,1H3;3-5H,1-2H3;1-2H3. The number of aromatic nitrogens is 5. The fourth-order valence-corrected chi connectivity index (χ4v) is 2.17. The number of rotatable bonds is 0.